The van der Waals surface area contributed by atoms with Crippen LogP contribution in [0.2, 0.25) is 0 Å². The maximum Gasteiger partial charge on any atom is 0.336 e. The predicted molar refractivity (Wildman–Crippen MR) is 123 cm³/mol. The number of hydrogen-bond acceptors (Lipinski definition) is 7. The van der Waals surface area contributed by atoms with Gasteiger partial charge in [-0.25, -0.2) is 4.79 Å². The molecule has 6 rings (SSSR count). The van der Waals surface area contributed by atoms with Gasteiger partial charge in [0.25, 0.3) is 0 Å². The quantitative estimate of drug-likeness (QED) is 0.696. The number of benzene rings is 1. The molecule has 2 aromatic rings. The zero-order valence-corrected chi connectivity index (χ0v) is 19.7. The lowest BCUT2D eigenvalue weighted by atomic mass is 9.71. The Balaban J connectivity index is 1.09. The van der Waals surface area contributed by atoms with Gasteiger partial charge in [0.1, 0.15) is 6.61 Å². The van der Waals surface area contributed by atoms with E-state index >= 15 is 0 Å². The van der Waals surface area contributed by atoms with E-state index in [0.29, 0.717) is 18.2 Å². The molecule has 3 aliphatic heterocycles. The van der Waals surface area contributed by atoms with E-state index in [0.717, 1.165) is 62.2 Å². The molecule has 4 aliphatic rings. The maximum absolute atomic E-state index is 13.4. The molecule has 9 nitrogen and oxygen atoms in total. The Morgan fingerprint density at radius 2 is 2.00 bits per heavy atom. The topological polar surface area (TPSA) is 102 Å². The third kappa shape index (κ3) is 3.36. The number of cyclic esters (lactones) is 1. The van der Waals surface area contributed by atoms with Crippen molar-refractivity contribution in [2.45, 2.75) is 70.9 Å². The highest BCUT2D eigenvalue weighted by Crippen LogP contribution is 2.46. The summed E-state index contributed by atoms with van der Waals surface area (Å²) in [6, 6.07) is 7.18. The molecular formula is C25H30N6O3. The van der Waals surface area contributed by atoms with Crippen molar-refractivity contribution < 1.29 is 14.3 Å². The number of carbonyl (C=O) groups is 2. The number of hydrogen-bond donors (Lipinski definition) is 1. The molecule has 1 amide bonds. The smallest absolute Gasteiger partial charge is 0.336 e. The van der Waals surface area contributed by atoms with E-state index in [-0.39, 0.29) is 29.9 Å². The Kier molecular flexibility index (Phi) is 5.05. The number of rotatable bonds is 4. The number of nitrogens with zero attached hydrogens (tertiary/aromatic N) is 5. The van der Waals surface area contributed by atoms with Crippen LogP contribution >= 0.6 is 0 Å². The molecule has 0 unspecified atom stereocenters. The summed E-state index contributed by atoms with van der Waals surface area (Å²) in [5.41, 5.74) is 4.69. The first-order valence-electron chi connectivity index (χ1n) is 12.3. The molecule has 0 bridgehead atoms. The summed E-state index contributed by atoms with van der Waals surface area (Å²) in [6.45, 7) is 4.89. The fourth-order valence-corrected chi connectivity index (χ4v) is 6.15. The molecule has 4 heterocycles. The zero-order chi connectivity index (χ0) is 23.4. The van der Waals surface area contributed by atoms with Gasteiger partial charge >= 0.3 is 5.97 Å². The van der Waals surface area contributed by atoms with Crippen LogP contribution in [0.15, 0.2) is 29.5 Å². The number of esters is 1. The lowest BCUT2D eigenvalue weighted by molar-refractivity contribution is -0.138. The van der Waals surface area contributed by atoms with Crippen LogP contribution in [0.3, 0.4) is 0 Å². The van der Waals surface area contributed by atoms with E-state index in [1.165, 1.54) is 11.1 Å². The first-order chi connectivity index (χ1) is 16.4. The number of amides is 1. The van der Waals surface area contributed by atoms with Gasteiger partial charge in [0.15, 0.2) is 5.82 Å². The van der Waals surface area contributed by atoms with Gasteiger partial charge in [-0.15, -0.1) is 5.10 Å². The van der Waals surface area contributed by atoms with Crippen LogP contribution < -0.4 is 5.32 Å². The van der Waals surface area contributed by atoms with Crippen LogP contribution in [0, 0.1) is 5.41 Å². The Morgan fingerprint density at radius 1 is 1.18 bits per heavy atom. The molecule has 1 saturated heterocycles. The maximum atomic E-state index is 13.4. The van der Waals surface area contributed by atoms with Crippen molar-refractivity contribution in [3.8, 4) is 5.69 Å². The Labute approximate surface area is 198 Å². The van der Waals surface area contributed by atoms with Crippen molar-refractivity contribution in [1.82, 2.24) is 30.4 Å². The second kappa shape index (κ2) is 8.01. The van der Waals surface area contributed by atoms with E-state index in [9.17, 15) is 9.59 Å². The van der Waals surface area contributed by atoms with Gasteiger partial charge in [-0.2, -0.15) is 4.68 Å². The molecule has 1 aromatic heterocycles. The number of nitrogens with one attached hydrogen (secondary N) is 1. The van der Waals surface area contributed by atoms with Crippen molar-refractivity contribution in [2.75, 3.05) is 13.2 Å². The number of tetrazole rings is 1. The normalized spacial score (nSPS) is 27.2. The number of aryl methyl sites for hydroxylation is 2. The average Bonchev–Trinajstić information content (AvgIpc) is 3.54. The van der Waals surface area contributed by atoms with Crippen LogP contribution in [0.4, 0.5) is 0 Å². The summed E-state index contributed by atoms with van der Waals surface area (Å²) in [5, 5.41) is 15.8. The largest absolute Gasteiger partial charge is 0.456 e. The van der Waals surface area contributed by atoms with Crippen molar-refractivity contribution in [1.29, 1.82) is 0 Å². The zero-order valence-electron chi connectivity index (χ0n) is 19.7. The van der Waals surface area contributed by atoms with E-state index in [1.54, 1.807) is 6.92 Å². The summed E-state index contributed by atoms with van der Waals surface area (Å²) in [7, 11) is 0. The lowest BCUT2D eigenvalue weighted by Gasteiger charge is -2.37. The molecule has 1 N–H and O–H groups in total. The monoisotopic (exact) mass is 462 g/mol. The SMILES string of the molecule is CC1=C(N2CCC3(CCC(N[C@@H](C)c4ccc5c(c4)CCc4nnnn4-5)CC3)C2=O)COC1=O. The van der Waals surface area contributed by atoms with Gasteiger partial charge < -0.3 is 15.0 Å². The van der Waals surface area contributed by atoms with Crippen LogP contribution in [0.1, 0.15) is 68.9 Å². The minimum absolute atomic E-state index is 0.184. The molecule has 9 heteroatoms. The molecule has 1 saturated carbocycles. The Bertz CT molecular complexity index is 1190. The van der Waals surface area contributed by atoms with Crippen molar-refractivity contribution in [3.05, 3.63) is 46.4 Å². The molecule has 1 spiro atoms. The van der Waals surface area contributed by atoms with Crippen molar-refractivity contribution in [3.63, 3.8) is 0 Å². The van der Waals surface area contributed by atoms with Crippen LogP contribution in [0.5, 0.6) is 0 Å². The first-order valence-corrected chi connectivity index (χ1v) is 12.3. The standard InChI is InChI=1S/C25H30N6O3/c1-15-21(14-34-23(15)32)30-12-11-25(24(30)33)9-7-19(8-10-25)26-16(2)17-3-5-20-18(13-17)4-6-22-27-28-29-31(20)22/h3,5,13,16,19,26H,4,6-12,14H2,1-2H3/t16-,19?,25?/m0/s1. The molecule has 1 aromatic carbocycles. The third-order valence-electron chi connectivity index (χ3n) is 8.33. The van der Waals surface area contributed by atoms with Gasteiger partial charge in [0.05, 0.1) is 22.4 Å². The molecule has 34 heavy (non-hydrogen) atoms. The summed E-state index contributed by atoms with van der Waals surface area (Å²) in [5.74, 6) is 0.801. The highest BCUT2D eigenvalue weighted by atomic mass is 16.5. The highest BCUT2D eigenvalue weighted by Gasteiger charge is 2.50. The van der Waals surface area contributed by atoms with Gasteiger partial charge in [0, 0.05) is 25.0 Å². The first kappa shape index (κ1) is 21.5. The molecule has 1 atom stereocenters. The van der Waals surface area contributed by atoms with Gasteiger partial charge in [-0.3, -0.25) is 4.79 Å². The van der Waals surface area contributed by atoms with E-state index in [2.05, 4.69) is 46.0 Å². The Morgan fingerprint density at radius 3 is 2.76 bits per heavy atom. The number of likely N-dealkylation sites (tertiary alicyclic amines) is 1. The summed E-state index contributed by atoms with van der Waals surface area (Å²) >= 11 is 0. The summed E-state index contributed by atoms with van der Waals surface area (Å²) < 4.78 is 6.98. The lowest BCUT2D eigenvalue weighted by Crippen LogP contribution is -2.42. The number of ether oxygens (including phenoxy) is 1. The fourth-order valence-electron chi connectivity index (χ4n) is 6.15. The van der Waals surface area contributed by atoms with E-state index in [1.807, 2.05) is 9.58 Å². The number of aromatic nitrogens is 4. The van der Waals surface area contributed by atoms with E-state index < -0.39 is 0 Å². The van der Waals surface area contributed by atoms with Crippen LogP contribution in [0.25, 0.3) is 5.69 Å². The summed E-state index contributed by atoms with van der Waals surface area (Å²) in [4.78, 5) is 26.9. The highest BCUT2D eigenvalue weighted by molar-refractivity contribution is 5.94. The average molecular weight is 463 g/mol. The fraction of sp³-hybridized carbons (Fsp3) is 0.560. The molecule has 1 aliphatic carbocycles. The second-order valence-corrected chi connectivity index (χ2v) is 10.2. The van der Waals surface area contributed by atoms with Crippen LogP contribution in [-0.4, -0.2) is 56.2 Å². The predicted octanol–water partition coefficient (Wildman–Crippen LogP) is 2.40. The minimum atomic E-state index is -0.300. The van der Waals surface area contributed by atoms with Crippen LogP contribution in [-0.2, 0) is 27.2 Å². The summed E-state index contributed by atoms with van der Waals surface area (Å²) in [6.07, 6.45) is 6.42. The number of carbonyl (C=O) groups excluding carboxylic acids is 2. The van der Waals surface area contributed by atoms with Crippen molar-refractivity contribution in [2.24, 2.45) is 5.41 Å². The molecular weight excluding hydrogens is 432 g/mol. The van der Waals surface area contributed by atoms with Gasteiger partial charge in [0.2, 0.25) is 5.91 Å². The number of fused-ring (bicyclic) bond motifs is 3. The third-order valence-corrected chi connectivity index (χ3v) is 8.33. The second-order valence-electron chi connectivity index (χ2n) is 10.2. The van der Waals surface area contributed by atoms with Crippen molar-refractivity contribution >= 4 is 11.9 Å². The molecule has 178 valence electrons. The molecule has 2 fully saturated rings. The molecule has 0 radical (unpaired) electrons. The Hall–Kier alpha value is -3.07. The van der Waals surface area contributed by atoms with Gasteiger partial charge in [-0.05, 0) is 80.0 Å². The van der Waals surface area contributed by atoms with E-state index in [4.69, 9.17) is 4.74 Å². The minimum Gasteiger partial charge on any atom is -0.456 e. The van der Waals surface area contributed by atoms with Gasteiger partial charge in [-0.1, -0.05) is 12.1 Å².